The van der Waals surface area contributed by atoms with Crippen molar-refractivity contribution in [3.05, 3.63) is 63.6 Å². The van der Waals surface area contributed by atoms with Gasteiger partial charge in [0.2, 0.25) is 0 Å². The molecule has 2 aromatic carbocycles. The van der Waals surface area contributed by atoms with Crippen LogP contribution in [0.2, 0.25) is 10.0 Å². The molecule has 0 atom stereocenters. The summed E-state index contributed by atoms with van der Waals surface area (Å²) in [5, 5.41) is 4.84. The Morgan fingerprint density at radius 1 is 1.09 bits per heavy atom. The molecular weight excluding hydrogens is 321 g/mol. The van der Waals surface area contributed by atoms with E-state index in [9.17, 15) is 4.79 Å². The van der Waals surface area contributed by atoms with Crippen molar-refractivity contribution in [3.63, 3.8) is 0 Å². The van der Waals surface area contributed by atoms with Crippen LogP contribution in [0.3, 0.4) is 0 Å². The van der Waals surface area contributed by atoms with Gasteiger partial charge in [-0.15, -0.1) is 0 Å². The van der Waals surface area contributed by atoms with E-state index < -0.39 is 0 Å². The van der Waals surface area contributed by atoms with E-state index in [1.54, 1.807) is 30.3 Å². The number of carbonyl (C=O) groups is 1. The van der Waals surface area contributed by atoms with Crippen molar-refractivity contribution in [1.29, 1.82) is 0 Å². The summed E-state index contributed by atoms with van der Waals surface area (Å²) in [6.45, 7) is 0. The van der Waals surface area contributed by atoms with Crippen molar-refractivity contribution in [2.75, 3.05) is 19.0 Å². The molecule has 0 aliphatic carbocycles. The van der Waals surface area contributed by atoms with Crippen LogP contribution >= 0.6 is 23.2 Å². The Kier molecular flexibility index (Phi) is 5.41. The number of rotatable bonds is 4. The first-order chi connectivity index (χ1) is 10.5. The standard InChI is InChI=1S/C16H15Cl2N3O/c1-21(2)12-8-6-11(7-9-12)16(22)20-19-10-13-14(17)4-3-5-15(13)18/h3-10H,1-2H3,(H,20,22)/b19-10+. The maximum absolute atomic E-state index is 12.0. The Labute approximate surface area is 139 Å². The smallest absolute Gasteiger partial charge is 0.271 e. The molecule has 1 amide bonds. The minimum atomic E-state index is -0.301. The zero-order valence-electron chi connectivity index (χ0n) is 12.2. The minimum Gasteiger partial charge on any atom is -0.378 e. The molecular formula is C16H15Cl2N3O. The lowest BCUT2D eigenvalue weighted by Gasteiger charge is -2.12. The van der Waals surface area contributed by atoms with Gasteiger partial charge in [-0.3, -0.25) is 4.79 Å². The van der Waals surface area contributed by atoms with E-state index in [0.717, 1.165) is 5.69 Å². The fourth-order valence-corrected chi connectivity index (χ4v) is 2.26. The van der Waals surface area contributed by atoms with Crippen LogP contribution in [0.4, 0.5) is 5.69 Å². The van der Waals surface area contributed by atoms with Crippen LogP contribution in [-0.4, -0.2) is 26.2 Å². The molecule has 0 saturated heterocycles. The predicted molar refractivity (Wildman–Crippen MR) is 92.3 cm³/mol. The van der Waals surface area contributed by atoms with Crippen LogP contribution in [0.1, 0.15) is 15.9 Å². The molecule has 0 saturated carbocycles. The van der Waals surface area contributed by atoms with Crippen molar-refractivity contribution >= 4 is 41.0 Å². The quantitative estimate of drug-likeness (QED) is 0.681. The first kappa shape index (κ1) is 16.3. The number of hydrogen-bond acceptors (Lipinski definition) is 3. The number of halogens is 2. The van der Waals surface area contributed by atoms with Gasteiger partial charge in [0.15, 0.2) is 0 Å². The lowest BCUT2D eigenvalue weighted by Crippen LogP contribution is -2.18. The number of nitrogens with zero attached hydrogens (tertiary/aromatic N) is 2. The van der Waals surface area contributed by atoms with Crippen LogP contribution in [0.5, 0.6) is 0 Å². The van der Waals surface area contributed by atoms with Crippen molar-refractivity contribution in [2.45, 2.75) is 0 Å². The van der Waals surface area contributed by atoms with Crippen LogP contribution in [0.15, 0.2) is 47.6 Å². The van der Waals surface area contributed by atoms with E-state index in [1.165, 1.54) is 6.21 Å². The second-order valence-electron chi connectivity index (χ2n) is 4.78. The van der Waals surface area contributed by atoms with Gasteiger partial charge in [0.25, 0.3) is 5.91 Å². The van der Waals surface area contributed by atoms with Crippen molar-refractivity contribution in [3.8, 4) is 0 Å². The second kappa shape index (κ2) is 7.29. The second-order valence-corrected chi connectivity index (χ2v) is 5.59. The largest absolute Gasteiger partial charge is 0.378 e. The number of amides is 1. The third-order valence-electron chi connectivity index (χ3n) is 3.01. The SMILES string of the molecule is CN(C)c1ccc(C(=O)N/N=C/c2c(Cl)cccc2Cl)cc1. The molecule has 0 aromatic heterocycles. The Morgan fingerprint density at radius 3 is 2.23 bits per heavy atom. The van der Waals surface area contributed by atoms with Gasteiger partial charge in [-0.1, -0.05) is 29.3 Å². The van der Waals surface area contributed by atoms with Crippen molar-refractivity contribution < 1.29 is 4.79 Å². The molecule has 0 spiro atoms. The average Bonchev–Trinajstić information content (AvgIpc) is 2.50. The molecule has 0 heterocycles. The number of hydrazone groups is 1. The molecule has 0 unspecified atom stereocenters. The van der Waals surface area contributed by atoms with Gasteiger partial charge in [-0.2, -0.15) is 5.10 Å². The van der Waals surface area contributed by atoms with Gasteiger partial charge in [-0.25, -0.2) is 5.43 Å². The van der Waals surface area contributed by atoms with Crippen molar-refractivity contribution in [1.82, 2.24) is 5.43 Å². The third-order valence-corrected chi connectivity index (χ3v) is 3.66. The fraction of sp³-hybridized carbons (Fsp3) is 0.125. The van der Waals surface area contributed by atoms with Gasteiger partial charge in [-0.05, 0) is 36.4 Å². The molecule has 0 bridgehead atoms. The maximum Gasteiger partial charge on any atom is 0.271 e. The Morgan fingerprint density at radius 2 is 1.68 bits per heavy atom. The number of anilines is 1. The van der Waals surface area contributed by atoms with E-state index in [1.807, 2.05) is 31.1 Å². The molecule has 2 aromatic rings. The average molecular weight is 336 g/mol. The Hall–Kier alpha value is -2.04. The van der Waals surface area contributed by atoms with Crippen LogP contribution in [0, 0.1) is 0 Å². The fourth-order valence-electron chi connectivity index (χ4n) is 1.76. The molecule has 6 heteroatoms. The van der Waals surface area contributed by atoms with E-state index in [4.69, 9.17) is 23.2 Å². The van der Waals surface area contributed by atoms with Gasteiger partial charge in [0.1, 0.15) is 0 Å². The highest BCUT2D eigenvalue weighted by Crippen LogP contribution is 2.22. The third kappa shape index (κ3) is 4.00. The molecule has 0 aliphatic rings. The summed E-state index contributed by atoms with van der Waals surface area (Å²) in [6, 6.07) is 12.4. The highest BCUT2D eigenvalue weighted by Gasteiger charge is 2.05. The van der Waals surface area contributed by atoms with Gasteiger partial charge in [0, 0.05) is 30.9 Å². The molecule has 0 radical (unpaired) electrons. The summed E-state index contributed by atoms with van der Waals surface area (Å²) < 4.78 is 0. The molecule has 2 rings (SSSR count). The molecule has 4 nitrogen and oxygen atoms in total. The first-order valence-corrected chi connectivity index (χ1v) is 7.29. The Balaban J connectivity index is 2.05. The molecule has 0 aliphatic heterocycles. The first-order valence-electron chi connectivity index (χ1n) is 6.54. The Bertz CT molecular complexity index is 677. The minimum absolute atomic E-state index is 0.301. The summed E-state index contributed by atoms with van der Waals surface area (Å²) in [6.07, 6.45) is 1.43. The molecule has 22 heavy (non-hydrogen) atoms. The summed E-state index contributed by atoms with van der Waals surface area (Å²) in [5.41, 5.74) is 4.55. The monoisotopic (exact) mass is 335 g/mol. The van der Waals surface area contributed by atoms with Crippen molar-refractivity contribution in [2.24, 2.45) is 5.10 Å². The topological polar surface area (TPSA) is 44.7 Å². The molecule has 114 valence electrons. The van der Waals surface area contributed by atoms with E-state index in [-0.39, 0.29) is 5.91 Å². The maximum atomic E-state index is 12.0. The number of benzene rings is 2. The zero-order chi connectivity index (χ0) is 16.1. The number of nitrogens with one attached hydrogen (secondary N) is 1. The molecule has 1 N–H and O–H groups in total. The van der Waals surface area contributed by atoms with E-state index >= 15 is 0 Å². The zero-order valence-corrected chi connectivity index (χ0v) is 13.7. The van der Waals surface area contributed by atoms with E-state index in [0.29, 0.717) is 21.2 Å². The summed E-state index contributed by atoms with van der Waals surface area (Å²) in [4.78, 5) is 13.9. The molecule has 0 fully saturated rings. The number of hydrogen-bond donors (Lipinski definition) is 1. The van der Waals surface area contributed by atoms with Crippen LogP contribution < -0.4 is 10.3 Å². The predicted octanol–water partition coefficient (Wildman–Crippen LogP) is 3.82. The summed E-state index contributed by atoms with van der Waals surface area (Å²) in [7, 11) is 3.87. The number of carbonyl (C=O) groups excluding carboxylic acids is 1. The highest BCUT2D eigenvalue weighted by atomic mass is 35.5. The van der Waals surface area contributed by atoms with Crippen LogP contribution in [0.25, 0.3) is 0 Å². The van der Waals surface area contributed by atoms with Gasteiger partial charge in [0.05, 0.1) is 16.3 Å². The lowest BCUT2D eigenvalue weighted by atomic mass is 10.2. The normalized spacial score (nSPS) is 10.7. The summed E-state index contributed by atoms with van der Waals surface area (Å²) >= 11 is 12.0. The van der Waals surface area contributed by atoms with E-state index in [2.05, 4.69) is 10.5 Å². The van der Waals surface area contributed by atoms with Gasteiger partial charge < -0.3 is 4.90 Å². The summed E-state index contributed by atoms with van der Waals surface area (Å²) in [5.74, 6) is -0.301. The van der Waals surface area contributed by atoms with Gasteiger partial charge >= 0.3 is 0 Å². The highest BCUT2D eigenvalue weighted by molar-refractivity contribution is 6.38. The van der Waals surface area contributed by atoms with Crippen LogP contribution in [-0.2, 0) is 0 Å². The lowest BCUT2D eigenvalue weighted by molar-refractivity contribution is 0.0955.